The highest BCUT2D eigenvalue weighted by Crippen LogP contribution is 2.33. The number of methoxy groups -OCH3 is 1. The van der Waals surface area contributed by atoms with E-state index in [1.54, 1.807) is 12.1 Å². The molecule has 21 heavy (non-hydrogen) atoms. The molecular weight excluding hydrogens is 288 g/mol. The fourth-order valence-corrected chi connectivity index (χ4v) is 3.77. The lowest BCUT2D eigenvalue weighted by Gasteiger charge is -2.25. The normalized spacial score (nSPS) is 21.8. The van der Waals surface area contributed by atoms with Gasteiger partial charge in [-0.2, -0.15) is 11.8 Å². The van der Waals surface area contributed by atoms with E-state index in [0.717, 1.165) is 31.4 Å². The fourth-order valence-electron chi connectivity index (χ4n) is 2.55. The number of carbonyl (C=O) groups is 2. The van der Waals surface area contributed by atoms with Gasteiger partial charge in [0, 0.05) is 11.0 Å². The maximum atomic E-state index is 11.3. The molecule has 0 heterocycles. The van der Waals surface area contributed by atoms with Crippen molar-refractivity contribution in [3.8, 4) is 0 Å². The van der Waals surface area contributed by atoms with Gasteiger partial charge in [0.05, 0.1) is 18.6 Å². The van der Waals surface area contributed by atoms with Crippen LogP contribution in [0.1, 0.15) is 41.6 Å². The molecule has 2 rings (SSSR count). The molecule has 4 nitrogen and oxygen atoms in total. The molecular formula is C16H20O4S. The summed E-state index contributed by atoms with van der Waals surface area (Å²) >= 11 is 1.88. The van der Waals surface area contributed by atoms with Crippen LogP contribution in [0.4, 0.5) is 0 Å². The highest BCUT2D eigenvalue weighted by Gasteiger charge is 2.25. The molecule has 0 aromatic heterocycles. The summed E-state index contributed by atoms with van der Waals surface area (Å²) in [5, 5.41) is 9.52. The Morgan fingerprint density at radius 3 is 2.33 bits per heavy atom. The predicted molar refractivity (Wildman–Crippen MR) is 82.5 cm³/mol. The molecule has 0 atom stereocenters. The quantitative estimate of drug-likeness (QED) is 0.845. The monoisotopic (exact) mass is 308 g/mol. The lowest BCUT2D eigenvalue weighted by Crippen LogP contribution is -2.22. The minimum Gasteiger partial charge on any atom is -0.481 e. The minimum absolute atomic E-state index is 0.152. The van der Waals surface area contributed by atoms with Crippen LogP contribution in [-0.4, -0.2) is 29.4 Å². The summed E-state index contributed by atoms with van der Waals surface area (Å²) in [5.41, 5.74) is 1.74. The van der Waals surface area contributed by atoms with Crippen LogP contribution in [0, 0.1) is 5.92 Å². The first kappa shape index (κ1) is 15.9. The largest absolute Gasteiger partial charge is 0.481 e. The van der Waals surface area contributed by atoms with Gasteiger partial charge in [-0.15, -0.1) is 0 Å². The maximum absolute atomic E-state index is 11.3. The zero-order chi connectivity index (χ0) is 15.2. The van der Waals surface area contributed by atoms with E-state index < -0.39 is 5.97 Å². The van der Waals surface area contributed by atoms with E-state index in [1.165, 1.54) is 12.7 Å². The van der Waals surface area contributed by atoms with E-state index in [1.807, 2.05) is 23.9 Å². The Morgan fingerprint density at radius 1 is 1.19 bits per heavy atom. The molecule has 1 N–H and O–H groups in total. The van der Waals surface area contributed by atoms with Gasteiger partial charge in [0.1, 0.15) is 0 Å². The number of carboxylic acids is 1. The van der Waals surface area contributed by atoms with Crippen LogP contribution in [0.2, 0.25) is 0 Å². The summed E-state index contributed by atoms with van der Waals surface area (Å²) in [6.07, 6.45) is 3.52. The molecule has 0 bridgehead atoms. The van der Waals surface area contributed by atoms with Crippen molar-refractivity contribution in [1.82, 2.24) is 0 Å². The first-order valence-corrected chi connectivity index (χ1v) is 8.16. The molecule has 114 valence electrons. The Kier molecular flexibility index (Phi) is 5.67. The first-order valence-electron chi connectivity index (χ1n) is 7.12. The average molecular weight is 308 g/mol. The zero-order valence-electron chi connectivity index (χ0n) is 12.1. The van der Waals surface area contributed by atoms with Gasteiger partial charge in [-0.1, -0.05) is 12.1 Å². The van der Waals surface area contributed by atoms with E-state index in [2.05, 4.69) is 4.74 Å². The van der Waals surface area contributed by atoms with Crippen LogP contribution in [0.3, 0.4) is 0 Å². The molecule has 1 fully saturated rings. The molecule has 0 spiro atoms. The number of carbonyl (C=O) groups excluding carboxylic acids is 1. The summed E-state index contributed by atoms with van der Waals surface area (Å²) in [5.74, 6) is -0.233. The van der Waals surface area contributed by atoms with Gasteiger partial charge in [-0.05, 0) is 43.4 Å². The fraction of sp³-hybridized carbons (Fsp3) is 0.500. The van der Waals surface area contributed by atoms with Crippen molar-refractivity contribution in [3.63, 3.8) is 0 Å². The third-order valence-electron chi connectivity index (χ3n) is 3.88. The number of carboxylic acid groups (broad SMARTS) is 1. The number of thioether (sulfide) groups is 1. The van der Waals surface area contributed by atoms with Gasteiger partial charge in [0.25, 0.3) is 0 Å². The topological polar surface area (TPSA) is 63.6 Å². The molecule has 0 saturated heterocycles. The third kappa shape index (κ3) is 4.49. The highest BCUT2D eigenvalue weighted by atomic mass is 32.2. The number of benzene rings is 1. The van der Waals surface area contributed by atoms with E-state index >= 15 is 0 Å². The molecule has 1 saturated carbocycles. The molecule has 1 aromatic rings. The lowest BCUT2D eigenvalue weighted by molar-refractivity contribution is -0.142. The molecule has 5 heteroatoms. The number of ether oxygens (including phenoxy) is 1. The summed E-state index contributed by atoms with van der Waals surface area (Å²) < 4.78 is 4.67. The smallest absolute Gasteiger partial charge is 0.337 e. The number of hydrogen-bond donors (Lipinski definition) is 1. The predicted octanol–water partition coefficient (Wildman–Crippen LogP) is 3.35. The Bertz CT molecular complexity index is 490. The van der Waals surface area contributed by atoms with Crippen molar-refractivity contribution in [2.45, 2.75) is 36.7 Å². The van der Waals surface area contributed by atoms with Crippen molar-refractivity contribution in [2.75, 3.05) is 7.11 Å². The van der Waals surface area contributed by atoms with E-state index in [0.29, 0.717) is 10.8 Å². The Hall–Kier alpha value is -1.49. The SMILES string of the molecule is COC(=O)c1ccc(CSC2CCC(C(=O)O)CC2)cc1. The van der Waals surface area contributed by atoms with Crippen molar-refractivity contribution in [3.05, 3.63) is 35.4 Å². The van der Waals surface area contributed by atoms with Gasteiger partial charge >= 0.3 is 11.9 Å². The number of esters is 1. The first-order chi connectivity index (χ1) is 10.1. The van der Waals surface area contributed by atoms with Gasteiger partial charge < -0.3 is 9.84 Å². The van der Waals surface area contributed by atoms with Crippen LogP contribution < -0.4 is 0 Å². The summed E-state index contributed by atoms with van der Waals surface area (Å²) in [6, 6.07) is 7.45. The Balaban J connectivity index is 1.79. The van der Waals surface area contributed by atoms with Crippen LogP contribution in [-0.2, 0) is 15.3 Å². The molecule has 0 radical (unpaired) electrons. The summed E-state index contributed by atoms with van der Waals surface area (Å²) in [4.78, 5) is 22.2. The maximum Gasteiger partial charge on any atom is 0.337 e. The second-order valence-electron chi connectivity index (χ2n) is 5.31. The van der Waals surface area contributed by atoms with Crippen molar-refractivity contribution in [2.24, 2.45) is 5.92 Å². The van der Waals surface area contributed by atoms with Crippen LogP contribution in [0.25, 0.3) is 0 Å². The summed E-state index contributed by atoms with van der Waals surface area (Å²) in [6.45, 7) is 0. The number of aliphatic carboxylic acids is 1. The van der Waals surface area contributed by atoms with Gasteiger partial charge in [0.2, 0.25) is 0 Å². The van der Waals surface area contributed by atoms with E-state index in [4.69, 9.17) is 5.11 Å². The average Bonchev–Trinajstić information content (AvgIpc) is 2.53. The van der Waals surface area contributed by atoms with Gasteiger partial charge in [-0.25, -0.2) is 4.79 Å². The van der Waals surface area contributed by atoms with Crippen LogP contribution in [0.5, 0.6) is 0 Å². The van der Waals surface area contributed by atoms with E-state index in [9.17, 15) is 9.59 Å². The zero-order valence-corrected chi connectivity index (χ0v) is 12.9. The molecule has 0 aliphatic heterocycles. The molecule has 1 aliphatic carbocycles. The molecule has 1 aliphatic rings. The molecule has 0 unspecified atom stereocenters. The van der Waals surface area contributed by atoms with Crippen LogP contribution >= 0.6 is 11.8 Å². The minimum atomic E-state index is -0.656. The van der Waals surface area contributed by atoms with Crippen molar-refractivity contribution >= 4 is 23.7 Å². The number of hydrogen-bond acceptors (Lipinski definition) is 4. The molecule has 1 aromatic carbocycles. The standard InChI is InChI=1S/C16H20O4S/c1-20-16(19)13-4-2-11(3-5-13)10-21-14-8-6-12(7-9-14)15(17)18/h2-5,12,14H,6-10H2,1H3,(H,17,18). The van der Waals surface area contributed by atoms with Gasteiger partial charge in [-0.3, -0.25) is 4.79 Å². The van der Waals surface area contributed by atoms with Crippen molar-refractivity contribution in [1.29, 1.82) is 0 Å². The number of rotatable bonds is 5. The second kappa shape index (κ2) is 7.50. The van der Waals surface area contributed by atoms with Gasteiger partial charge in [0.15, 0.2) is 0 Å². The Labute approximate surface area is 128 Å². The third-order valence-corrected chi connectivity index (χ3v) is 5.33. The lowest BCUT2D eigenvalue weighted by atomic mass is 9.89. The summed E-state index contributed by atoms with van der Waals surface area (Å²) in [7, 11) is 1.37. The van der Waals surface area contributed by atoms with Crippen LogP contribution in [0.15, 0.2) is 24.3 Å². The Morgan fingerprint density at radius 2 is 1.81 bits per heavy atom. The molecule has 0 amide bonds. The highest BCUT2D eigenvalue weighted by molar-refractivity contribution is 7.99. The van der Waals surface area contributed by atoms with E-state index in [-0.39, 0.29) is 11.9 Å². The second-order valence-corrected chi connectivity index (χ2v) is 6.60. The van der Waals surface area contributed by atoms with Crippen molar-refractivity contribution < 1.29 is 19.4 Å².